The Hall–Kier alpha value is -2.00. The molecular weight excluding hydrogens is 437 g/mol. The highest BCUT2D eigenvalue weighted by Crippen LogP contribution is 2.13. The molecule has 0 aliphatic carbocycles. The van der Waals surface area contributed by atoms with Gasteiger partial charge in [-0.05, 0) is 65.0 Å². The molecule has 0 fully saturated rings. The van der Waals surface area contributed by atoms with E-state index in [4.69, 9.17) is 12.2 Å². The highest BCUT2D eigenvalue weighted by molar-refractivity contribution is 14.1. The monoisotopic (exact) mass is 453 g/mol. The number of aryl methyl sites for hydroxylation is 1. The Morgan fingerprint density at radius 3 is 2.46 bits per heavy atom. The highest BCUT2D eigenvalue weighted by atomic mass is 127. The molecule has 0 atom stereocenters. The van der Waals surface area contributed by atoms with Crippen molar-refractivity contribution in [2.75, 3.05) is 0 Å². The lowest BCUT2D eigenvalue weighted by atomic mass is 10.1. The van der Waals surface area contributed by atoms with Crippen molar-refractivity contribution in [1.29, 1.82) is 0 Å². The van der Waals surface area contributed by atoms with E-state index >= 15 is 0 Å². The first-order chi connectivity index (χ1) is 11.5. The number of carbonyl (C=O) groups excluding carboxylic acids is 2. The lowest BCUT2D eigenvalue weighted by Gasteiger charge is -2.11. The average Bonchev–Trinajstić information content (AvgIpc) is 2.56. The van der Waals surface area contributed by atoms with Gasteiger partial charge >= 0.3 is 0 Å². The van der Waals surface area contributed by atoms with Crippen molar-refractivity contribution in [2.24, 2.45) is 0 Å². The molecule has 0 saturated carbocycles. The van der Waals surface area contributed by atoms with Gasteiger partial charge in [0.1, 0.15) is 0 Å². The molecule has 0 aromatic heterocycles. The largest absolute Gasteiger partial charge is 0.298 e. The van der Waals surface area contributed by atoms with Crippen LogP contribution in [0.4, 0.5) is 0 Å². The number of hydrazine groups is 1. The lowest BCUT2D eigenvalue weighted by Crippen LogP contribution is -2.48. The third-order valence-corrected chi connectivity index (χ3v) is 4.55. The van der Waals surface area contributed by atoms with Crippen molar-refractivity contribution in [2.45, 2.75) is 13.3 Å². The number of carbonyl (C=O) groups is 2. The van der Waals surface area contributed by atoms with Crippen molar-refractivity contribution < 1.29 is 9.59 Å². The van der Waals surface area contributed by atoms with Gasteiger partial charge in [-0.15, -0.1) is 0 Å². The van der Waals surface area contributed by atoms with E-state index in [0.29, 0.717) is 5.56 Å². The Bertz CT molecular complexity index is 766. The van der Waals surface area contributed by atoms with Crippen molar-refractivity contribution >= 4 is 51.7 Å². The fourth-order valence-electron chi connectivity index (χ4n) is 1.89. The van der Waals surface area contributed by atoms with E-state index < -0.39 is 0 Å². The summed E-state index contributed by atoms with van der Waals surface area (Å²) in [4.78, 5) is 23.9. The molecule has 0 saturated heterocycles. The molecule has 0 heterocycles. The van der Waals surface area contributed by atoms with Gasteiger partial charge in [-0.1, -0.05) is 36.4 Å². The van der Waals surface area contributed by atoms with E-state index in [9.17, 15) is 9.59 Å². The maximum absolute atomic E-state index is 12.1. The number of rotatable bonds is 3. The van der Waals surface area contributed by atoms with E-state index in [2.05, 4.69) is 38.8 Å². The van der Waals surface area contributed by atoms with Crippen LogP contribution in [0.2, 0.25) is 0 Å². The maximum Gasteiger partial charge on any atom is 0.257 e. The standard InChI is InChI=1S/C17H16IN3O2S/c1-11-7-8-13(10-14(11)18)16(23)19-17(24)21-20-15(22)9-12-5-3-2-4-6-12/h2-8,10H,9H2,1H3,(H,20,22)(H2,19,21,23,24). The fraction of sp³-hybridized carbons (Fsp3) is 0.118. The van der Waals surface area contributed by atoms with Gasteiger partial charge in [0.05, 0.1) is 6.42 Å². The predicted molar refractivity (Wildman–Crippen MR) is 105 cm³/mol. The summed E-state index contributed by atoms with van der Waals surface area (Å²) in [6.07, 6.45) is 0.223. The topological polar surface area (TPSA) is 70.2 Å². The Labute approximate surface area is 159 Å². The number of nitrogens with one attached hydrogen (secondary N) is 3. The molecule has 5 nitrogen and oxygen atoms in total. The van der Waals surface area contributed by atoms with Crippen LogP contribution in [0.15, 0.2) is 48.5 Å². The van der Waals surface area contributed by atoms with Gasteiger partial charge in [-0.2, -0.15) is 0 Å². The number of benzene rings is 2. The molecule has 24 heavy (non-hydrogen) atoms. The van der Waals surface area contributed by atoms with Crippen molar-refractivity contribution in [3.63, 3.8) is 0 Å². The van der Waals surface area contributed by atoms with Gasteiger partial charge < -0.3 is 0 Å². The molecule has 2 rings (SSSR count). The molecule has 0 radical (unpaired) electrons. The van der Waals surface area contributed by atoms with Gasteiger partial charge in [0.2, 0.25) is 5.91 Å². The third kappa shape index (κ3) is 5.57. The number of thiocarbonyl (C=S) groups is 1. The number of hydrogen-bond donors (Lipinski definition) is 3. The van der Waals surface area contributed by atoms with Gasteiger partial charge in [0, 0.05) is 9.13 Å². The summed E-state index contributed by atoms with van der Waals surface area (Å²) in [5, 5.41) is 2.56. The zero-order valence-electron chi connectivity index (χ0n) is 12.9. The Morgan fingerprint density at radius 2 is 1.79 bits per heavy atom. The average molecular weight is 453 g/mol. The maximum atomic E-state index is 12.1. The van der Waals surface area contributed by atoms with Gasteiger partial charge in [-0.25, -0.2) is 0 Å². The fourth-order valence-corrected chi connectivity index (χ4v) is 2.55. The molecule has 0 spiro atoms. The minimum Gasteiger partial charge on any atom is -0.298 e. The molecule has 2 aromatic carbocycles. The van der Waals surface area contributed by atoms with Crippen LogP contribution < -0.4 is 16.2 Å². The van der Waals surface area contributed by atoms with Crippen LogP contribution in [-0.4, -0.2) is 16.9 Å². The minimum atomic E-state index is -0.331. The van der Waals surface area contributed by atoms with Crippen molar-refractivity contribution in [3.8, 4) is 0 Å². The lowest BCUT2D eigenvalue weighted by molar-refractivity contribution is -0.121. The smallest absolute Gasteiger partial charge is 0.257 e. The van der Waals surface area contributed by atoms with Crippen LogP contribution in [-0.2, 0) is 11.2 Å². The van der Waals surface area contributed by atoms with Gasteiger partial charge in [-0.3, -0.25) is 25.8 Å². The van der Waals surface area contributed by atoms with E-state index in [-0.39, 0.29) is 23.3 Å². The zero-order valence-corrected chi connectivity index (χ0v) is 15.9. The van der Waals surface area contributed by atoms with Gasteiger partial charge in [0.25, 0.3) is 5.91 Å². The zero-order chi connectivity index (χ0) is 17.5. The quantitative estimate of drug-likeness (QED) is 0.380. The Kier molecular flexibility index (Phi) is 6.68. The molecule has 7 heteroatoms. The van der Waals surface area contributed by atoms with E-state index in [0.717, 1.165) is 14.7 Å². The normalized spacial score (nSPS) is 9.92. The van der Waals surface area contributed by atoms with Crippen LogP contribution in [0.3, 0.4) is 0 Å². The van der Waals surface area contributed by atoms with Crippen LogP contribution in [0, 0.1) is 10.5 Å². The molecule has 2 aromatic rings. The van der Waals surface area contributed by atoms with E-state index in [1.807, 2.05) is 43.3 Å². The Balaban J connectivity index is 1.81. The van der Waals surface area contributed by atoms with Crippen LogP contribution in [0.5, 0.6) is 0 Å². The number of hydrogen-bond acceptors (Lipinski definition) is 3. The van der Waals surface area contributed by atoms with E-state index in [1.165, 1.54) is 0 Å². The summed E-state index contributed by atoms with van der Waals surface area (Å²) in [6.45, 7) is 1.97. The summed E-state index contributed by atoms with van der Waals surface area (Å²) < 4.78 is 0.996. The Morgan fingerprint density at radius 1 is 1.08 bits per heavy atom. The first-order valence-corrected chi connectivity index (χ1v) is 8.64. The second kappa shape index (κ2) is 8.74. The molecule has 0 aliphatic heterocycles. The van der Waals surface area contributed by atoms with Crippen molar-refractivity contribution in [3.05, 3.63) is 68.8 Å². The second-order valence-electron chi connectivity index (χ2n) is 5.08. The number of amides is 2. The summed E-state index contributed by atoms with van der Waals surface area (Å²) in [7, 11) is 0. The molecule has 3 N–H and O–H groups in total. The second-order valence-corrected chi connectivity index (χ2v) is 6.65. The van der Waals surface area contributed by atoms with Crippen LogP contribution in [0.1, 0.15) is 21.5 Å². The first kappa shape index (κ1) is 18.3. The minimum absolute atomic E-state index is 0.0389. The highest BCUT2D eigenvalue weighted by Gasteiger charge is 2.10. The SMILES string of the molecule is Cc1ccc(C(=O)NC(=S)NNC(=O)Cc2ccccc2)cc1I. The van der Waals surface area contributed by atoms with E-state index in [1.54, 1.807) is 12.1 Å². The molecule has 0 bridgehead atoms. The summed E-state index contributed by atoms with van der Waals surface area (Å²) in [5.74, 6) is -0.578. The molecule has 0 unspecified atom stereocenters. The first-order valence-electron chi connectivity index (χ1n) is 7.16. The molecule has 0 aliphatic rings. The van der Waals surface area contributed by atoms with Gasteiger partial charge in [0.15, 0.2) is 5.11 Å². The summed E-state index contributed by atoms with van der Waals surface area (Å²) in [5.41, 5.74) is 7.48. The predicted octanol–water partition coefficient (Wildman–Crippen LogP) is 2.48. The molecule has 124 valence electrons. The summed E-state index contributed by atoms with van der Waals surface area (Å²) in [6, 6.07) is 14.7. The number of halogens is 1. The third-order valence-electron chi connectivity index (χ3n) is 3.18. The van der Waals surface area contributed by atoms with Crippen LogP contribution >= 0.6 is 34.8 Å². The molecule has 2 amide bonds. The van der Waals surface area contributed by atoms with Crippen LogP contribution in [0.25, 0.3) is 0 Å². The summed E-state index contributed by atoms with van der Waals surface area (Å²) >= 11 is 7.18. The molecular formula is C17H16IN3O2S. The van der Waals surface area contributed by atoms with Crippen molar-refractivity contribution in [1.82, 2.24) is 16.2 Å².